The topological polar surface area (TPSA) is 116 Å². The third kappa shape index (κ3) is 4.95. The fourth-order valence-corrected chi connectivity index (χ4v) is 3.27. The minimum atomic E-state index is -0.516. The summed E-state index contributed by atoms with van der Waals surface area (Å²) >= 11 is 0. The first-order valence-corrected chi connectivity index (χ1v) is 9.58. The summed E-state index contributed by atoms with van der Waals surface area (Å²) in [6.45, 7) is 3.81. The predicted molar refractivity (Wildman–Crippen MR) is 114 cm³/mol. The molecule has 0 aliphatic rings. The van der Waals surface area contributed by atoms with Crippen LogP contribution < -0.4 is 5.32 Å². The number of carbonyl (C=O) groups is 2. The van der Waals surface area contributed by atoms with Crippen LogP contribution in [0.2, 0.25) is 0 Å². The van der Waals surface area contributed by atoms with Gasteiger partial charge in [-0.1, -0.05) is 6.07 Å². The molecular formula is C22H22N4O5. The highest BCUT2D eigenvalue weighted by Crippen LogP contribution is 2.21. The quantitative estimate of drug-likeness (QED) is 0.352. The van der Waals surface area contributed by atoms with Crippen molar-refractivity contribution in [2.24, 2.45) is 0 Å². The number of aryl methyl sites for hydroxylation is 1. The van der Waals surface area contributed by atoms with E-state index in [2.05, 4.69) is 10.4 Å². The van der Waals surface area contributed by atoms with Gasteiger partial charge in [0.1, 0.15) is 0 Å². The third-order valence-corrected chi connectivity index (χ3v) is 4.94. The molecule has 1 heterocycles. The second-order valence-corrected chi connectivity index (χ2v) is 6.95. The van der Waals surface area contributed by atoms with Crippen LogP contribution in [0.3, 0.4) is 0 Å². The molecule has 1 N–H and O–H groups in total. The average Bonchev–Trinajstić information content (AvgIpc) is 3.05. The lowest BCUT2D eigenvalue weighted by Gasteiger charge is -2.08. The maximum absolute atomic E-state index is 12.5. The van der Waals surface area contributed by atoms with E-state index in [1.807, 2.05) is 13.8 Å². The average molecular weight is 422 g/mol. The van der Waals surface area contributed by atoms with Gasteiger partial charge in [0.25, 0.3) is 11.6 Å². The number of methoxy groups -OCH3 is 1. The number of benzene rings is 2. The Labute approximate surface area is 178 Å². The summed E-state index contributed by atoms with van der Waals surface area (Å²) in [6.07, 6.45) is 0.814. The van der Waals surface area contributed by atoms with Crippen LogP contribution >= 0.6 is 0 Å². The molecule has 0 aliphatic carbocycles. The number of hydrogen-bond donors (Lipinski definition) is 1. The third-order valence-electron chi connectivity index (χ3n) is 4.94. The monoisotopic (exact) mass is 422 g/mol. The van der Waals surface area contributed by atoms with E-state index in [4.69, 9.17) is 4.74 Å². The molecule has 0 spiro atoms. The van der Waals surface area contributed by atoms with E-state index in [1.54, 1.807) is 35.0 Å². The first kappa shape index (κ1) is 21.7. The normalized spacial score (nSPS) is 10.5. The van der Waals surface area contributed by atoms with Crippen molar-refractivity contribution in [3.8, 4) is 5.69 Å². The summed E-state index contributed by atoms with van der Waals surface area (Å²) in [6, 6.07) is 12.6. The minimum Gasteiger partial charge on any atom is -0.469 e. The molecule has 0 atom stereocenters. The van der Waals surface area contributed by atoms with E-state index >= 15 is 0 Å². The van der Waals surface area contributed by atoms with Crippen molar-refractivity contribution in [1.29, 1.82) is 0 Å². The maximum Gasteiger partial charge on any atom is 0.305 e. The fourth-order valence-electron chi connectivity index (χ4n) is 3.27. The molecule has 31 heavy (non-hydrogen) atoms. The van der Waals surface area contributed by atoms with E-state index in [1.165, 1.54) is 25.3 Å². The Bertz CT molecular complexity index is 1140. The minimum absolute atomic E-state index is 0.0966. The van der Waals surface area contributed by atoms with Gasteiger partial charge in [-0.05, 0) is 56.2 Å². The zero-order chi connectivity index (χ0) is 22.5. The van der Waals surface area contributed by atoms with Gasteiger partial charge in [0.15, 0.2) is 0 Å². The van der Waals surface area contributed by atoms with Crippen molar-refractivity contribution in [1.82, 2.24) is 9.78 Å². The first-order chi connectivity index (χ1) is 14.8. The van der Waals surface area contributed by atoms with Crippen LogP contribution in [0.25, 0.3) is 5.69 Å². The summed E-state index contributed by atoms with van der Waals surface area (Å²) in [5, 5.41) is 18.1. The lowest BCUT2D eigenvalue weighted by Crippen LogP contribution is -2.12. The number of aromatic nitrogens is 2. The number of nitrogens with one attached hydrogen (secondary N) is 1. The Kier molecular flexibility index (Phi) is 6.44. The fraction of sp³-hybridized carbons (Fsp3) is 0.227. The number of anilines is 1. The number of carbonyl (C=O) groups excluding carboxylic acids is 2. The molecule has 1 aromatic heterocycles. The van der Waals surface area contributed by atoms with Crippen LogP contribution in [-0.4, -0.2) is 33.7 Å². The molecule has 160 valence electrons. The summed E-state index contributed by atoms with van der Waals surface area (Å²) in [5.41, 5.74) is 4.15. The molecule has 9 heteroatoms. The molecule has 3 rings (SSSR count). The van der Waals surface area contributed by atoms with Gasteiger partial charge in [0.05, 0.1) is 23.4 Å². The Balaban J connectivity index is 1.76. The van der Waals surface area contributed by atoms with Crippen LogP contribution in [0.1, 0.15) is 33.7 Å². The van der Waals surface area contributed by atoms with Crippen LogP contribution in [0.5, 0.6) is 0 Å². The van der Waals surface area contributed by atoms with Gasteiger partial charge in [0.2, 0.25) is 0 Å². The van der Waals surface area contributed by atoms with E-state index < -0.39 is 4.92 Å². The second kappa shape index (κ2) is 9.21. The summed E-state index contributed by atoms with van der Waals surface area (Å²) in [5.74, 6) is -0.648. The van der Waals surface area contributed by atoms with Crippen molar-refractivity contribution >= 4 is 23.3 Å². The number of nitro benzene ring substituents is 1. The molecule has 1 amide bonds. The van der Waals surface area contributed by atoms with Crippen LogP contribution in [0.15, 0.2) is 48.5 Å². The number of esters is 1. The Hall–Kier alpha value is -4.01. The maximum atomic E-state index is 12.5. The van der Waals surface area contributed by atoms with E-state index in [0.717, 1.165) is 22.6 Å². The molecule has 0 saturated heterocycles. The summed E-state index contributed by atoms with van der Waals surface area (Å²) < 4.78 is 6.47. The van der Waals surface area contributed by atoms with E-state index in [9.17, 15) is 19.7 Å². The molecule has 2 aromatic carbocycles. The molecule has 9 nitrogen and oxygen atoms in total. The second-order valence-electron chi connectivity index (χ2n) is 6.95. The molecular weight excluding hydrogens is 400 g/mol. The molecule has 0 radical (unpaired) electrons. The van der Waals surface area contributed by atoms with Gasteiger partial charge >= 0.3 is 5.97 Å². The Morgan fingerprint density at radius 3 is 2.52 bits per heavy atom. The van der Waals surface area contributed by atoms with Gasteiger partial charge in [-0.3, -0.25) is 19.7 Å². The van der Waals surface area contributed by atoms with Gasteiger partial charge in [-0.25, -0.2) is 4.68 Å². The van der Waals surface area contributed by atoms with Gasteiger partial charge < -0.3 is 10.1 Å². The van der Waals surface area contributed by atoms with E-state index in [-0.39, 0.29) is 24.0 Å². The van der Waals surface area contributed by atoms with Gasteiger partial charge in [0, 0.05) is 35.5 Å². The number of ether oxygens (including phenoxy) is 1. The summed E-state index contributed by atoms with van der Waals surface area (Å²) in [7, 11) is 1.36. The molecule has 3 aromatic rings. The number of hydrogen-bond acceptors (Lipinski definition) is 6. The Morgan fingerprint density at radius 2 is 1.87 bits per heavy atom. The standard InChI is InChI=1S/C22H22N4O5/c1-14-20(11-12-21(27)31-3)15(2)25(24-14)18-9-7-16(8-10-18)22(28)23-17-5-4-6-19(13-17)26(29)30/h4-10,13H,11-12H2,1-3H3,(H,23,28). The largest absolute Gasteiger partial charge is 0.469 e. The lowest BCUT2D eigenvalue weighted by molar-refractivity contribution is -0.384. The van der Waals surface area contributed by atoms with Crippen molar-refractivity contribution in [2.45, 2.75) is 26.7 Å². The van der Waals surface area contributed by atoms with Crippen molar-refractivity contribution in [2.75, 3.05) is 12.4 Å². The van der Waals surface area contributed by atoms with Crippen molar-refractivity contribution < 1.29 is 19.2 Å². The SMILES string of the molecule is COC(=O)CCc1c(C)nn(-c2ccc(C(=O)Nc3cccc([N+](=O)[O-])c3)cc2)c1C. The zero-order valence-electron chi connectivity index (χ0n) is 17.4. The number of non-ortho nitro benzene ring substituents is 1. The molecule has 0 bridgehead atoms. The number of rotatable bonds is 7. The molecule has 0 aliphatic heterocycles. The number of nitrogens with zero attached hydrogens (tertiary/aromatic N) is 3. The number of nitro groups is 1. The Morgan fingerprint density at radius 1 is 1.16 bits per heavy atom. The van der Waals surface area contributed by atoms with Crippen molar-refractivity contribution in [3.05, 3.63) is 81.2 Å². The zero-order valence-corrected chi connectivity index (χ0v) is 17.4. The van der Waals surface area contributed by atoms with Gasteiger partial charge in [-0.2, -0.15) is 5.10 Å². The predicted octanol–water partition coefficient (Wildman–Crippen LogP) is 3.76. The van der Waals surface area contributed by atoms with Gasteiger partial charge in [-0.15, -0.1) is 0 Å². The van der Waals surface area contributed by atoms with E-state index in [0.29, 0.717) is 17.7 Å². The summed E-state index contributed by atoms with van der Waals surface area (Å²) in [4.78, 5) is 34.3. The smallest absolute Gasteiger partial charge is 0.305 e. The van der Waals surface area contributed by atoms with Crippen molar-refractivity contribution in [3.63, 3.8) is 0 Å². The van der Waals surface area contributed by atoms with Crippen LogP contribution in [-0.2, 0) is 16.0 Å². The molecule has 0 fully saturated rings. The van der Waals surface area contributed by atoms with Crippen LogP contribution in [0.4, 0.5) is 11.4 Å². The lowest BCUT2D eigenvalue weighted by atomic mass is 10.1. The highest BCUT2D eigenvalue weighted by molar-refractivity contribution is 6.04. The highest BCUT2D eigenvalue weighted by atomic mass is 16.6. The number of amides is 1. The molecule has 0 saturated carbocycles. The first-order valence-electron chi connectivity index (χ1n) is 9.58. The van der Waals surface area contributed by atoms with Crippen LogP contribution in [0, 0.1) is 24.0 Å². The highest BCUT2D eigenvalue weighted by Gasteiger charge is 2.15. The molecule has 0 unspecified atom stereocenters.